The van der Waals surface area contributed by atoms with E-state index in [1.807, 2.05) is 21.7 Å². The Balaban J connectivity index is 1.72. The van der Waals surface area contributed by atoms with Gasteiger partial charge in [0.25, 0.3) is 5.91 Å². The number of hydrogen-bond acceptors (Lipinski definition) is 5. The number of rotatable bonds is 6. The van der Waals surface area contributed by atoms with Crippen LogP contribution in [-0.2, 0) is 9.53 Å². The topological polar surface area (TPSA) is 61.9 Å². The van der Waals surface area contributed by atoms with Crippen molar-refractivity contribution in [2.45, 2.75) is 0 Å². The molecular weight excluding hydrogens is 290 g/mol. The Morgan fingerprint density at radius 2 is 2.00 bits per heavy atom. The molecule has 21 heavy (non-hydrogen) atoms. The molecule has 2 amide bonds. The van der Waals surface area contributed by atoms with Crippen LogP contribution in [0, 0.1) is 0 Å². The standard InChI is InChI=1S/C14H21N3O3S/c1-20-8-3-15-10-13(18)16-4-6-17(7-5-16)14(19)12-2-9-21-11-12/h2,9,11,15H,3-8,10H2,1H3. The van der Waals surface area contributed by atoms with Crippen LogP contribution in [0.3, 0.4) is 0 Å². The summed E-state index contributed by atoms with van der Waals surface area (Å²) in [6.45, 7) is 3.97. The molecule has 1 N–H and O–H groups in total. The predicted octanol–water partition coefficient (Wildman–Crippen LogP) is 0.269. The molecule has 0 saturated carbocycles. The Bertz CT molecular complexity index is 456. The molecule has 0 aliphatic carbocycles. The SMILES string of the molecule is COCCNCC(=O)N1CCN(C(=O)c2ccsc2)CC1. The van der Waals surface area contributed by atoms with Crippen molar-refractivity contribution in [2.24, 2.45) is 0 Å². The number of piperazine rings is 1. The monoisotopic (exact) mass is 311 g/mol. The lowest BCUT2D eigenvalue weighted by molar-refractivity contribution is -0.131. The van der Waals surface area contributed by atoms with Crippen molar-refractivity contribution < 1.29 is 14.3 Å². The molecule has 7 heteroatoms. The van der Waals surface area contributed by atoms with Crippen molar-refractivity contribution in [2.75, 3.05) is 53.0 Å². The molecular formula is C14H21N3O3S. The Kier molecular flexibility index (Phi) is 6.16. The molecule has 0 unspecified atom stereocenters. The van der Waals surface area contributed by atoms with E-state index in [9.17, 15) is 9.59 Å². The molecule has 2 heterocycles. The van der Waals surface area contributed by atoms with Gasteiger partial charge < -0.3 is 19.9 Å². The van der Waals surface area contributed by atoms with E-state index in [-0.39, 0.29) is 11.8 Å². The van der Waals surface area contributed by atoms with Crippen LogP contribution in [0.2, 0.25) is 0 Å². The zero-order chi connectivity index (χ0) is 15.1. The zero-order valence-corrected chi connectivity index (χ0v) is 13.0. The summed E-state index contributed by atoms with van der Waals surface area (Å²) in [5.74, 6) is 0.135. The lowest BCUT2D eigenvalue weighted by Gasteiger charge is -2.34. The maximum absolute atomic E-state index is 12.2. The second-order valence-electron chi connectivity index (χ2n) is 4.85. The first-order valence-electron chi connectivity index (χ1n) is 7.01. The van der Waals surface area contributed by atoms with Gasteiger partial charge in [0.15, 0.2) is 0 Å². The van der Waals surface area contributed by atoms with Gasteiger partial charge in [-0.15, -0.1) is 0 Å². The maximum Gasteiger partial charge on any atom is 0.254 e. The van der Waals surface area contributed by atoms with E-state index >= 15 is 0 Å². The highest BCUT2D eigenvalue weighted by atomic mass is 32.1. The van der Waals surface area contributed by atoms with E-state index in [0.717, 1.165) is 5.56 Å². The van der Waals surface area contributed by atoms with Crippen LogP contribution in [0.25, 0.3) is 0 Å². The van der Waals surface area contributed by atoms with E-state index in [0.29, 0.717) is 45.9 Å². The number of methoxy groups -OCH3 is 1. The van der Waals surface area contributed by atoms with Gasteiger partial charge in [0.1, 0.15) is 0 Å². The number of amides is 2. The van der Waals surface area contributed by atoms with E-state index in [4.69, 9.17) is 4.74 Å². The smallest absolute Gasteiger partial charge is 0.254 e. The second kappa shape index (κ2) is 8.11. The van der Waals surface area contributed by atoms with Gasteiger partial charge in [-0.2, -0.15) is 11.3 Å². The molecule has 2 rings (SSSR count). The number of nitrogens with one attached hydrogen (secondary N) is 1. The molecule has 0 atom stereocenters. The number of thiophene rings is 1. The quantitative estimate of drug-likeness (QED) is 0.766. The van der Waals surface area contributed by atoms with Crippen molar-refractivity contribution in [3.05, 3.63) is 22.4 Å². The van der Waals surface area contributed by atoms with Crippen LogP contribution in [0.1, 0.15) is 10.4 Å². The molecule has 0 bridgehead atoms. The van der Waals surface area contributed by atoms with Crippen LogP contribution >= 0.6 is 11.3 Å². The first-order chi connectivity index (χ1) is 10.2. The minimum absolute atomic E-state index is 0.0570. The van der Waals surface area contributed by atoms with Gasteiger partial charge in [-0.1, -0.05) is 0 Å². The molecule has 1 aliphatic rings. The average Bonchev–Trinajstić information content (AvgIpc) is 3.05. The van der Waals surface area contributed by atoms with Gasteiger partial charge >= 0.3 is 0 Å². The van der Waals surface area contributed by atoms with Gasteiger partial charge in [-0.25, -0.2) is 0 Å². The molecule has 0 radical (unpaired) electrons. The van der Waals surface area contributed by atoms with Crippen LogP contribution < -0.4 is 5.32 Å². The van der Waals surface area contributed by atoms with Gasteiger partial charge in [0.05, 0.1) is 18.7 Å². The highest BCUT2D eigenvalue weighted by Crippen LogP contribution is 2.11. The Morgan fingerprint density at radius 1 is 1.29 bits per heavy atom. The number of carbonyl (C=O) groups excluding carboxylic acids is 2. The Labute approximate surface area is 128 Å². The summed E-state index contributed by atoms with van der Waals surface area (Å²) >= 11 is 1.52. The minimum atomic E-state index is 0.0570. The Morgan fingerprint density at radius 3 is 2.62 bits per heavy atom. The fraction of sp³-hybridized carbons (Fsp3) is 0.571. The fourth-order valence-corrected chi connectivity index (χ4v) is 2.84. The average molecular weight is 311 g/mol. The predicted molar refractivity (Wildman–Crippen MR) is 81.5 cm³/mol. The zero-order valence-electron chi connectivity index (χ0n) is 12.2. The summed E-state index contributed by atoms with van der Waals surface area (Å²) in [7, 11) is 1.63. The molecule has 1 aromatic heterocycles. The third-order valence-corrected chi connectivity index (χ3v) is 4.13. The van der Waals surface area contributed by atoms with Crippen LogP contribution in [0.5, 0.6) is 0 Å². The van der Waals surface area contributed by atoms with Crippen LogP contribution in [0.15, 0.2) is 16.8 Å². The van der Waals surface area contributed by atoms with Gasteiger partial charge in [-0.3, -0.25) is 9.59 Å². The number of ether oxygens (including phenoxy) is 1. The normalized spacial score (nSPS) is 15.3. The van der Waals surface area contributed by atoms with Crippen molar-refractivity contribution in [3.63, 3.8) is 0 Å². The summed E-state index contributed by atoms with van der Waals surface area (Å²) in [5, 5.41) is 6.81. The highest BCUT2D eigenvalue weighted by molar-refractivity contribution is 7.08. The summed E-state index contributed by atoms with van der Waals surface area (Å²) in [6.07, 6.45) is 0. The van der Waals surface area contributed by atoms with Gasteiger partial charge in [0, 0.05) is 45.2 Å². The van der Waals surface area contributed by atoms with Gasteiger partial charge in [0.2, 0.25) is 5.91 Å². The fourth-order valence-electron chi connectivity index (χ4n) is 2.21. The van der Waals surface area contributed by atoms with E-state index < -0.39 is 0 Å². The first-order valence-corrected chi connectivity index (χ1v) is 7.95. The molecule has 0 spiro atoms. The minimum Gasteiger partial charge on any atom is -0.383 e. The molecule has 1 aliphatic heterocycles. The Hall–Kier alpha value is -1.44. The van der Waals surface area contributed by atoms with Crippen molar-refractivity contribution in [1.29, 1.82) is 0 Å². The molecule has 1 aromatic rings. The van der Waals surface area contributed by atoms with Crippen molar-refractivity contribution in [3.8, 4) is 0 Å². The third kappa shape index (κ3) is 4.52. The summed E-state index contributed by atoms with van der Waals surface area (Å²) < 4.78 is 4.91. The second-order valence-corrected chi connectivity index (χ2v) is 5.63. The van der Waals surface area contributed by atoms with Crippen molar-refractivity contribution >= 4 is 23.2 Å². The largest absolute Gasteiger partial charge is 0.383 e. The number of nitrogens with zero attached hydrogens (tertiary/aromatic N) is 2. The molecule has 1 saturated heterocycles. The molecule has 1 fully saturated rings. The third-order valence-electron chi connectivity index (χ3n) is 3.45. The van der Waals surface area contributed by atoms with E-state index in [2.05, 4.69) is 5.32 Å². The van der Waals surface area contributed by atoms with Crippen LogP contribution in [0.4, 0.5) is 0 Å². The van der Waals surface area contributed by atoms with Gasteiger partial charge in [-0.05, 0) is 11.4 Å². The molecule has 116 valence electrons. The lowest BCUT2D eigenvalue weighted by atomic mass is 10.2. The summed E-state index contributed by atoms with van der Waals surface area (Å²) in [4.78, 5) is 27.8. The first kappa shape index (κ1) is 15.9. The molecule has 6 nitrogen and oxygen atoms in total. The van der Waals surface area contributed by atoms with Crippen molar-refractivity contribution in [1.82, 2.24) is 15.1 Å². The number of hydrogen-bond donors (Lipinski definition) is 1. The number of carbonyl (C=O) groups is 2. The maximum atomic E-state index is 12.2. The van der Waals surface area contributed by atoms with E-state index in [1.54, 1.807) is 12.0 Å². The highest BCUT2D eigenvalue weighted by Gasteiger charge is 2.24. The summed E-state index contributed by atoms with van der Waals surface area (Å²) in [5.41, 5.74) is 0.737. The van der Waals surface area contributed by atoms with Crippen LogP contribution in [-0.4, -0.2) is 74.6 Å². The summed E-state index contributed by atoms with van der Waals surface area (Å²) in [6, 6.07) is 1.84. The van der Waals surface area contributed by atoms with E-state index in [1.165, 1.54) is 11.3 Å². The molecule has 0 aromatic carbocycles. The lowest BCUT2D eigenvalue weighted by Crippen LogP contribution is -2.52.